The standard InChI is InChI=1S/C19H16F6N2O2/c1-26-17-8-3-13(11-16(17)19(23,24)25)27(12-18(20,21)22)9-10-29-15-6-4-14(28-2)5-7-15/h3-8,11H,9-10,12H2,2H3. The van der Waals surface area contributed by atoms with Crippen LogP contribution < -0.4 is 14.4 Å². The first-order chi connectivity index (χ1) is 13.5. The van der Waals surface area contributed by atoms with E-state index in [9.17, 15) is 26.3 Å². The van der Waals surface area contributed by atoms with Crippen molar-refractivity contribution in [3.05, 3.63) is 59.4 Å². The largest absolute Gasteiger partial charge is 0.497 e. The third-order valence-electron chi connectivity index (χ3n) is 3.83. The number of hydrogen-bond donors (Lipinski definition) is 0. The molecule has 2 aromatic carbocycles. The summed E-state index contributed by atoms with van der Waals surface area (Å²) < 4.78 is 88.6. The number of hydrogen-bond acceptors (Lipinski definition) is 3. The molecule has 0 spiro atoms. The average Bonchev–Trinajstić information content (AvgIpc) is 2.65. The molecule has 0 amide bonds. The van der Waals surface area contributed by atoms with Gasteiger partial charge in [0.1, 0.15) is 24.7 Å². The SMILES string of the molecule is [C-]#[N+]c1ccc(N(CCOc2ccc(OC)cc2)CC(F)(F)F)cc1C(F)(F)F. The molecule has 4 nitrogen and oxygen atoms in total. The third kappa shape index (κ3) is 6.48. The average molecular weight is 418 g/mol. The van der Waals surface area contributed by atoms with Gasteiger partial charge in [0, 0.05) is 5.69 Å². The summed E-state index contributed by atoms with van der Waals surface area (Å²) in [6.07, 6.45) is -9.50. The maximum absolute atomic E-state index is 13.1. The highest BCUT2D eigenvalue weighted by Crippen LogP contribution is 2.39. The summed E-state index contributed by atoms with van der Waals surface area (Å²) in [4.78, 5) is 3.51. The van der Waals surface area contributed by atoms with Crippen molar-refractivity contribution in [3.8, 4) is 11.5 Å². The van der Waals surface area contributed by atoms with E-state index in [0.717, 1.165) is 17.0 Å². The first kappa shape index (κ1) is 22.2. The van der Waals surface area contributed by atoms with Crippen molar-refractivity contribution in [1.29, 1.82) is 0 Å². The molecule has 156 valence electrons. The van der Waals surface area contributed by atoms with E-state index in [1.54, 1.807) is 24.3 Å². The Labute approximate surface area is 163 Å². The number of ether oxygens (including phenoxy) is 2. The summed E-state index contributed by atoms with van der Waals surface area (Å²) in [6.45, 7) is 4.84. The van der Waals surface area contributed by atoms with Crippen molar-refractivity contribution < 1.29 is 35.8 Å². The number of methoxy groups -OCH3 is 1. The van der Waals surface area contributed by atoms with Crippen LogP contribution in [-0.2, 0) is 6.18 Å². The van der Waals surface area contributed by atoms with Crippen LogP contribution in [-0.4, -0.2) is 33.0 Å². The Balaban J connectivity index is 2.20. The predicted octanol–water partition coefficient (Wildman–Crippen LogP) is 5.71. The number of benzene rings is 2. The number of anilines is 1. The van der Waals surface area contributed by atoms with E-state index in [1.807, 2.05) is 0 Å². The number of nitrogens with zero attached hydrogens (tertiary/aromatic N) is 2. The van der Waals surface area contributed by atoms with Gasteiger partial charge in [0.2, 0.25) is 0 Å². The summed E-state index contributed by atoms with van der Waals surface area (Å²) in [5, 5.41) is 0. The Bertz CT molecular complexity index is 857. The molecule has 0 unspecified atom stereocenters. The van der Waals surface area contributed by atoms with Crippen molar-refractivity contribution in [2.45, 2.75) is 12.4 Å². The Morgan fingerprint density at radius 3 is 2.10 bits per heavy atom. The fourth-order valence-electron chi connectivity index (χ4n) is 2.51. The molecule has 0 aliphatic heterocycles. The fraction of sp³-hybridized carbons (Fsp3) is 0.316. The van der Waals surface area contributed by atoms with Gasteiger partial charge < -0.3 is 14.4 Å². The number of halogens is 6. The Morgan fingerprint density at radius 2 is 1.59 bits per heavy atom. The van der Waals surface area contributed by atoms with Crippen LogP contribution in [0.3, 0.4) is 0 Å². The van der Waals surface area contributed by atoms with Crippen LogP contribution in [0.2, 0.25) is 0 Å². The van der Waals surface area contributed by atoms with E-state index in [4.69, 9.17) is 16.0 Å². The number of alkyl halides is 6. The second kappa shape index (κ2) is 8.94. The molecule has 0 N–H and O–H groups in total. The topological polar surface area (TPSA) is 26.1 Å². The Morgan fingerprint density at radius 1 is 0.966 bits per heavy atom. The lowest BCUT2D eigenvalue weighted by Crippen LogP contribution is -2.37. The zero-order valence-corrected chi connectivity index (χ0v) is 15.1. The van der Waals surface area contributed by atoms with E-state index in [-0.39, 0.29) is 18.8 Å². The molecule has 2 rings (SSSR count). The summed E-state index contributed by atoms with van der Waals surface area (Å²) in [6, 6.07) is 8.77. The molecule has 10 heteroatoms. The second-order valence-corrected chi connectivity index (χ2v) is 5.87. The van der Waals surface area contributed by atoms with Gasteiger partial charge in [-0.1, -0.05) is 6.07 Å². The summed E-state index contributed by atoms with van der Waals surface area (Å²) >= 11 is 0. The minimum Gasteiger partial charge on any atom is -0.497 e. The first-order valence-corrected chi connectivity index (χ1v) is 8.21. The highest BCUT2D eigenvalue weighted by atomic mass is 19.4. The maximum atomic E-state index is 13.1. The van der Waals surface area contributed by atoms with Crippen molar-refractivity contribution in [1.82, 2.24) is 0 Å². The highest BCUT2D eigenvalue weighted by Gasteiger charge is 2.35. The zero-order chi connectivity index (χ0) is 21.7. The lowest BCUT2D eigenvalue weighted by Gasteiger charge is -2.27. The van der Waals surface area contributed by atoms with Gasteiger partial charge >= 0.3 is 12.4 Å². The van der Waals surface area contributed by atoms with Crippen LogP contribution in [0.5, 0.6) is 11.5 Å². The van der Waals surface area contributed by atoms with Gasteiger partial charge in [0.05, 0.1) is 25.8 Å². The van der Waals surface area contributed by atoms with Gasteiger partial charge in [0.15, 0.2) is 5.69 Å². The minimum absolute atomic E-state index is 0.200. The molecular weight excluding hydrogens is 402 g/mol. The van der Waals surface area contributed by atoms with Crippen LogP contribution in [0.15, 0.2) is 42.5 Å². The molecule has 0 fully saturated rings. The quantitative estimate of drug-likeness (QED) is 0.425. The van der Waals surface area contributed by atoms with Gasteiger partial charge in [-0.25, -0.2) is 4.85 Å². The van der Waals surface area contributed by atoms with Crippen LogP contribution in [0, 0.1) is 6.57 Å². The monoisotopic (exact) mass is 418 g/mol. The van der Waals surface area contributed by atoms with Crippen LogP contribution in [0.1, 0.15) is 5.56 Å². The lowest BCUT2D eigenvalue weighted by molar-refractivity contribution is -0.136. The first-order valence-electron chi connectivity index (χ1n) is 8.21. The smallest absolute Gasteiger partial charge is 0.407 e. The van der Waals surface area contributed by atoms with E-state index < -0.39 is 30.1 Å². The zero-order valence-electron chi connectivity index (χ0n) is 15.1. The second-order valence-electron chi connectivity index (χ2n) is 5.87. The number of rotatable bonds is 7. The third-order valence-corrected chi connectivity index (χ3v) is 3.83. The minimum atomic E-state index is -4.86. The molecular formula is C19H16F6N2O2. The van der Waals surface area contributed by atoms with Gasteiger partial charge in [-0.05, 0) is 36.4 Å². The summed E-state index contributed by atoms with van der Waals surface area (Å²) in [5.74, 6) is 0.938. The van der Waals surface area contributed by atoms with E-state index in [1.165, 1.54) is 7.11 Å². The van der Waals surface area contributed by atoms with Crippen molar-refractivity contribution >= 4 is 11.4 Å². The molecule has 0 aliphatic rings. The normalized spacial score (nSPS) is 11.7. The summed E-state index contributed by atoms with van der Waals surface area (Å²) in [7, 11) is 1.47. The molecule has 0 bridgehead atoms. The van der Waals surface area contributed by atoms with Gasteiger partial charge in [-0.2, -0.15) is 26.3 Å². The van der Waals surface area contributed by atoms with Crippen LogP contribution >= 0.6 is 0 Å². The van der Waals surface area contributed by atoms with E-state index in [0.29, 0.717) is 17.6 Å². The molecule has 0 radical (unpaired) electrons. The van der Waals surface area contributed by atoms with Crippen LogP contribution in [0.25, 0.3) is 4.85 Å². The Hall–Kier alpha value is -3.09. The van der Waals surface area contributed by atoms with E-state index >= 15 is 0 Å². The lowest BCUT2D eigenvalue weighted by atomic mass is 10.1. The Kier molecular flexibility index (Phi) is 6.84. The van der Waals surface area contributed by atoms with Gasteiger partial charge in [-0.15, -0.1) is 0 Å². The summed E-state index contributed by atoms with van der Waals surface area (Å²) in [5.41, 5.74) is -2.27. The highest BCUT2D eigenvalue weighted by molar-refractivity contribution is 5.62. The molecule has 0 saturated carbocycles. The maximum Gasteiger partial charge on any atom is 0.407 e. The van der Waals surface area contributed by atoms with Gasteiger partial charge in [0.25, 0.3) is 0 Å². The molecule has 0 saturated heterocycles. The molecule has 0 aromatic heterocycles. The molecule has 0 heterocycles. The van der Waals surface area contributed by atoms with Crippen molar-refractivity contribution in [2.24, 2.45) is 0 Å². The van der Waals surface area contributed by atoms with E-state index in [2.05, 4.69) is 4.85 Å². The predicted molar refractivity (Wildman–Crippen MR) is 94.5 cm³/mol. The molecule has 29 heavy (non-hydrogen) atoms. The molecule has 0 aliphatic carbocycles. The van der Waals surface area contributed by atoms with Crippen molar-refractivity contribution in [3.63, 3.8) is 0 Å². The molecule has 0 atom stereocenters. The van der Waals surface area contributed by atoms with Crippen molar-refractivity contribution in [2.75, 3.05) is 31.7 Å². The molecule has 2 aromatic rings. The fourth-order valence-corrected chi connectivity index (χ4v) is 2.51. The van der Waals surface area contributed by atoms with Gasteiger partial charge in [-0.3, -0.25) is 0 Å². The van der Waals surface area contributed by atoms with Crippen LogP contribution in [0.4, 0.5) is 37.7 Å².